The number of hydrogen-bond donors (Lipinski definition) is 2. The molecule has 5 nitrogen and oxygen atoms in total. The van der Waals surface area contributed by atoms with Crippen molar-refractivity contribution in [2.45, 2.75) is 31.6 Å². The molecule has 2 aromatic rings. The van der Waals surface area contributed by atoms with E-state index in [4.69, 9.17) is 4.55 Å². The van der Waals surface area contributed by atoms with Gasteiger partial charge < -0.3 is 4.98 Å². The van der Waals surface area contributed by atoms with E-state index in [0.717, 1.165) is 25.0 Å². The van der Waals surface area contributed by atoms with Gasteiger partial charge in [-0.3, -0.25) is 9.45 Å². The first-order chi connectivity index (χ1) is 9.95. The number of nitrogens with zero attached hydrogens (tertiary/aromatic N) is 1. The van der Waals surface area contributed by atoms with E-state index < -0.39 is 15.4 Å². The van der Waals surface area contributed by atoms with E-state index >= 15 is 0 Å². The first-order valence-electron chi connectivity index (χ1n) is 7.22. The summed E-state index contributed by atoms with van der Waals surface area (Å²) in [6.45, 7) is 3.96. The lowest BCUT2D eigenvalue weighted by molar-refractivity contribution is 0.247. The van der Waals surface area contributed by atoms with Crippen molar-refractivity contribution >= 4 is 21.0 Å². The maximum absolute atomic E-state index is 11.1. The van der Waals surface area contributed by atoms with Gasteiger partial charge in [0.15, 0.2) is 0 Å². The smallest absolute Gasteiger partial charge is 0.267 e. The lowest BCUT2D eigenvalue weighted by atomic mass is 10.0. The van der Waals surface area contributed by atoms with Crippen molar-refractivity contribution in [2.75, 3.05) is 13.1 Å². The van der Waals surface area contributed by atoms with E-state index in [1.54, 1.807) is 6.92 Å². The molecule has 1 atom stereocenters. The van der Waals surface area contributed by atoms with Gasteiger partial charge in [-0.25, -0.2) is 0 Å². The zero-order valence-electron chi connectivity index (χ0n) is 12.0. The van der Waals surface area contributed by atoms with Crippen LogP contribution in [-0.2, 0) is 23.1 Å². The Kier molecular flexibility index (Phi) is 3.77. The fourth-order valence-electron chi connectivity index (χ4n) is 2.95. The predicted molar refractivity (Wildman–Crippen MR) is 82.9 cm³/mol. The van der Waals surface area contributed by atoms with Gasteiger partial charge in [-0.05, 0) is 37.9 Å². The van der Waals surface area contributed by atoms with Crippen LogP contribution in [0.15, 0.2) is 24.3 Å². The second-order valence-electron chi connectivity index (χ2n) is 5.77. The van der Waals surface area contributed by atoms with Gasteiger partial charge in [0, 0.05) is 29.7 Å². The maximum Gasteiger partial charge on any atom is 0.267 e. The highest BCUT2D eigenvalue weighted by molar-refractivity contribution is 7.86. The summed E-state index contributed by atoms with van der Waals surface area (Å²) in [5, 5.41) is 0.583. The Morgan fingerprint density at radius 2 is 2.14 bits per heavy atom. The Morgan fingerprint density at radius 1 is 1.38 bits per heavy atom. The number of rotatable bonds is 4. The minimum atomic E-state index is -3.92. The summed E-state index contributed by atoms with van der Waals surface area (Å²) in [7, 11) is -3.92. The second kappa shape index (κ2) is 5.44. The molecule has 2 N–H and O–H groups in total. The average molecular weight is 308 g/mol. The monoisotopic (exact) mass is 308 g/mol. The van der Waals surface area contributed by atoms with E-state index in [0.29, 0.717) is 13.0 Å². The van der Waals surface area contributed by atoms with Crippen molar-refractivity contribution in [3.63, 3.8) is 0 Å². The molecule has 1 aliphatic rings. The maximum atomic E-state index is 11.1. The van der Waals surface area contributed by atoms with Gasteiger partial charge in [-0.1, -0.05) is 18.2 Å². The Labute approximate surface area is 124 Å². The summed E-state index contributed by atoms with van der Waals surface area (Å²) in [5.74, 6) is 0. The highest BCUT2D eigenvalue weighted by atomic mass is 32.2. The summed E-state index contributed by atoms with van der Waals surface area (Å²) < 4.78 is 31.1. The molecule has 114 valence electrons. The van der Waals surface area contributed by atoms with Gasteiger partial charge in [-0.2, -0.15) is 8.42 Å². The molecule has 1 aromatic carbocycles. The second-order valence-corrected chi connectivity index (χ2v) is 7.60. The Balaban J connectivity index is 1.70. The van der Waals surface area contributed by atoms with Crippen molar-refractivity contribution in [1.29, 1.82) is 0 Å². The Bertz CT molecular complexity index is 751. The molecular formula is C15H20N2O3S. The molecule has 0 spiro atoms. The molecule has 0 saturated carbocycles. The number of benzene rings is 1. The normalized spacial score (nSPS) is 17.8. The third-order valence-corrected chi connectivity index (χ3v) is 5.57. The van der Waals surface area contributed by atoms with E-state index in [2.05, 4.69) is 28.1 Å². The van der Waals surface area contributed by atoms with Crippen LogP contribution in [0.4, 0.5) is 0 Å². The molecule has 0 bridgehead atoms. The van der Waals surface area contributed by atoms with Gasteiger partial charge in [0.2, 0.25) is 0 Å². The molecule has 2 heterocycles. The van der Waals surface area contributed by atoms with Crippen molar-refractivity contribution in [3.05, 3.63) is 35.5 Å². The molecule has 0 aliphatic carbocycles. The summed E-state index contributed by atoms with van der Waals surface area (Å²) in [5.41, 5.74) is 3.77. The topological polar surface area (TPSA) is 73.4 Å². The molecule has 1 unspecified atom stereocenters. The SMILES string of the molecule is CC(CCN1CCc2c([nH]c3ccccc23)C1)S(=O)(=O)O. The predicted octanol–water partition coefficient (Wildman–Crippen LogP) is 2.19. The molecule has 1 aliphatic heterocycles. The van der Waals surface area contributed by atoms with E-state index in [1.165, 1.54) is 16.6 Å². The standard InChI is InChI=1S/C15H20N2O3S/c1-11(21(18,19)20)6-8-17-9-7-13-12-4-2-3-5-14(12)16-15(13)10-17/h2-5,11,16H,6-10H2,1H3,(H,18,19,20). The number of aromatic amines is 1. The minimum absolute atomic E-state index is 0.453. The fourth-order valence-corrected chi connectivity index (χ4v) is 3.36. The van der Waals surface area contributed by atoms with Crippen molar-refractivity contribution < 1.29 is 13.0 Å². The van der Waals surface area contributed by atoms with Crippen LogP contribution in [0.3, 0.4) is 0 Å². The molecule has 0 fully saturated rings. The van der Waals surface area contributed by atoms with Gasteiger partial charge in [0.1, 0.15) is 0 Å². The molecular weight excluding hydrogens is 288 g/mol. The zero-order chi connectivity index (χ0) is 15.0. The minimum Gasteiger partial charge on any atom is -0.357 e. The van der Waals surface area contributed by atoms with Gasteiger partial charge in [0.25, 0.3) is 10.1 Å². The van der Waals surface area contributed by atoms with Crippen LogP contribution >= 0.6 is 0 Å². The molecule has 21 heavy (non-hydrogen) atoms. The van der Waals surface area contributed by atoms with Gasteiger partial charge in [-0.15, -0.1) is 0 Å². The van der Waals surface area contributed by atoms with Crippen molar-refractivity contribution in [2.24, 2.45) is 0 Å². The van der Waals surface area contributed by atoms with E-state index in [1.807, 2.05) is 6.07 Å². The third-order valence-electron chi connectivity index (χ3n) is 4.32. The molecule has 1 aromatic heterocycles. The van der Waals surface area contributed by atoms with Gasteiger partial charge in [0.05, 0.1) is 5.25 Å². The average Bonchev–Trinajstić information content (AvgIpc) is 2.81. The number of para-hydroxylation sites is 1. The number of aromatic nitrogens is 1. The largest absolute Gasteiger partial charge is 0.357 e. The quantitative estimate of drug-likeness (QED) is 0.849. The van der Waals surface area contributed by atoms with Crippen LogP contribution in [0.1, 0.15) is 24.6 Å². The molecule has 3 rings (SSSR count). The Hall–Kier alpha value is -1.37. The fraction of sp³-hybridized carbons (Fsp3) is 0.467. The number of hydrogen-bond acceptors (Lipinski definition) is 3. The molecule has 0 radical (unpaired) electrons. The summed E-state index contributed by atoms with van der Waals surface area (Å²) in [6.07, 6.45) is 1.42. The van der Waals surface area contributed by atoms with Gasteiger partial charge >= 0.3 is 0 Å². The Morgan fingerprint density at radius 3 is 2.90 bits per heavy atom. The van der Waals surface area contributed by atoms with Crippen molar-refractivity contribution in [1.82, 2.24) is 9.88 Å². The van der Waals surface area contributed by atoms with Crippen molar-refractivity contribution in [3.8, 4) is 0 Å². The zero-order valence-corrected chi connectivity index (χ0v) is 12.9. The number of fused-ring (bicyclic) bond motifs is 3. The summed E-state index contributed by atoms with van der Waals surface area (Å²) in [4.78, 5) is 5.69. The summed E-state index contributed by atoms with van der Waals surface area (Å²) >= 11 is 0. The summed E-state index contributed by atoms with van der Waals surface area (Å²) in [6, 6.07) is 8.30. The van der Waals surface area contributed by atoms with Crippen LogP contribution in [-0.4, -0.2) is 41.2 Å². The van der Waals surface area contributed by atoms with Crippen LogP contribution in [0.2, 0.25) is 0 Å². The number of H-pyrrole nitrogens is 1. The highest BCUT2D eigenvalue weighted by Gasteiger charge is 2.23. The molecule has 0 saturated heterocycles. The highest BCUT2D eigenvalue weighted by Crippen LogP contribution is 2.27. The van der Waals surface area contributed by atoms with Crippen LogP contribution < -0.4 is 0 Å². The molecule has 6 heteroatoms. The first kappa shape index (κ1) is 14.6. The van der Waals surface area contributed by atoms with E-state index in [9.17, 15) is 8.42 Å². The third kappa shape index (κ3) is 2.97. The van der Waals surface area contributed by atoms with Crippen LogP contribution in [0.25, 0.3) is 10.9 Å². The lowest BCUT2D eigenvalue weighted by Crippen LogP contribution is -2.33. The molecule has 0 amide bonds. The van der Waals surface area contributed by atoms with Crippen LogP contribution in [0, 0.1) is 0 Å². The first-order valence-corrected chi connectivity index (χ1v) is 8.72. The number of nitrogens with one attached hydrogen (secondary N) is 1. The van der Waals surface area contributed by atoms with E-state index in [-0.39, 0.29) is 0 Å². The van der Waals surface area contributed by atoms with Crippen LogP contribution in [0.5, 0.6) is 0 Å². The lowest BCUT2D eigenvalue weighted by Gasteiger charge is -2.27.